The van der Waals surface area contributed by atoms with Crippen molar-refractivity contribution in [3.05, 3.63) is 28.2 Å². The van der Waals surface area contributed by atoms with Crippen LogP contribution in [0.5, 0.6) is 0 Å². The zero-order valence-electron chi connectivity index (χ0n) is 14.9. The summed E-state index contributed by atoms with van der Waals surface area (Å²) in [6, 6.07) is 4.72. The van der Waals surface area contributed by atoms with Crippen molar-refractivity contribution in [3.8, 4) is 0 Å². The van der Waals surface area contributed by atoms with Gasteiger partial charge in [0.2, 0.25) is 11.8 Å². The van der Waals surface area contributed by atoms with E-state index in [2.05, 4.69) is 37.2 Å². The van der Waals surface area contributed by atoms with E-state index in [1.54, 1.807) is 18.2 Å². The molecule has 1 saturated carbocycles. The van der Waals surface area contributed by atoms with E-state index in [4.69, 9.17) is 27.9 Å². The molecule has 2 fully saturated rings. The molecule has 156 valence electrons. The third kappa shape index (κ3) is 4.95. The molecular formula is C18H16Br2Cl2N2O5. The van der Waals surface area contributed by atoms with E-state index in [1.165, 1.54) is 0 Å². The predicted octanol–water partition coefficient (Wildman–Crippen LogP) is 3.40. The first-order valence-electron chi connectivity index (χ1n) is 8.72. The molecule has 3 rings (SSSR count). The number of halogens is 4. The van der Waals surface area contributed by atoms with Crippen molar-refractivity contribution in [2.24, 2.45) is 11.8 Å². The molecule has 3 amide bonds. The van der Waals surface area contributed by atoms with Crippen molar-refractivity contribution >= 4 is 84.4 Å². The second-order valence-corrected chi connectivity index (χ2v) is 9.93. The first-order chi connectivity index (χ1) is 13.7. The monoisotopic (exact) mass is 568 g/mol. The zero-order chi connectivity index (χ0) is 21.3. The highest BCUT2D eigenvalue weighted by molar-refractivity contribution is 9.12. The van der Waals surface area contributed by atoms with Gasteiger partial charge in [0.25, 0.3) is 5.91 Å². The second kappa shape index (κ2) is 9.32. The van der Waals surface area contributed by atoms with Crippen molar-refractivity contribution in [2.45, 2.75) is 22.5 Å². The number of fused-ring (bicyclic) bond motifs is 1. The van der Waals surface area contributed by atoms with Crippen LogP contribution in [-0.2, 0) is 23.9 Å². The highest BCUT2D eigenvalue weighted by Gasteiger charge is 2.52. The van der Waals surface area contributed by atoms with Crippen LogP contribution in [0.4, 0.5) is 5.69 Å². The van der Waals surface area contributed by atoms with Gasteiger partial charge in [0.15, 0.2) is 6.61 Å². The Morgan fingerprint density at radius 1 is 1.10 bits per heavy atom. The van der Waals surface area contributed by atoms with Crippen LogP contribution in [0, 0.1) is 11.8 Å². The maximum atomic E-state index is 12.5. The zero-order valence-corrected chi connectivity index (χ0v) is 19.6. The van der Waals surface area contributed by atoms with Gasteiger partial charge in [0, 0.05) is 9.65 Å². The van der Waals surface area contributed by atoms with Crippen LogP contribution < -0.4 is 5.32 Å². The third-order valence-corrected chi connectivity index (χ3v) is 8.43. The predicted molar refractivity (Wildman–Crippen MR) is 114 cm³/mol. The lowest BCUT2D eigenvalue weighted by Crippen LogP contribution is -2.37. The first-order valence-corrected chi connectivity index (χ1v) is 11.3. The molecule has 0 spiro atoms. The molecule has 0 radical (unpaired) electrons. The molecule has 0 unspecified atom stereocenters. The van der Waals surface area contributed by atoms with E-state index in [1.807, 2.05) is 0 Å². The molecule has 0 bridgehead atoms. The van der Waals surface area contributed by atoms with Crippen molar-refractivity contribution < 1.29 is 23.9 Å². The normalized spacial score (nSPS) is 26.3. The fourth-order valence-electron chi connectivity index (χ4n) is 3.43. The number of hydrogen-bond donors (Lipinski definition) is 1. The summed E-state index contributed by atoms with van der Waals surface area (Å²) in [5, 5.41) is 2.91. The molecule has 1 heterocycles. The average molecular weight is 571 g/mol. The number of carbonyl (C=O) groups is 4. The van der Waals surface area contributed by atoms with E-state index >= 15 is 0 Å². The summed E-state index contributed by atoms with van der Waals surface area (Å²) in [7, 11) is 0. The van der Waals surface area contributed by atoms with Gasteiger partial charge in [-0.15, -0.1) is 0 Å². The number of nitrogens with one attached hydrogen (secondary N) is 1. The summed E-state index contributed by atoms with van der Waals surface area (Å²) in [5.41, 5.74) is 0.280. The lowest BCUT2D eigenvalue weighted by molar-refractivity contribution is -0.154. The Balaban J connectivity index is 1.53. The van der Waals surface area contributed by atoms with Crippen LogP contribution in [0.15, 0.2) is 18.2 Å². The summed E-state index contributed by atoms with van der Waals surface area (Å²) >= 11 is 18.9. The van der Waals surface area contributed by atoms with Crippen LogP contribution in [0.3, 0.4) is 0 Å². The molecule has 1 aliphatic heterocycles. The Morgan fingerprint density at radius 3 is 2.28 bits per heavy atom. The van der Waals surface area contributed by atoms with Gasteiger partial charge in [-0.2, -0.15) is 0 Å². The number of imide groups is 1. The maximum Gasteiger partial charge on any atom is 0.326 e. The summed E-state index contributed by atoms with van der Waals surface area (Å²) in [5.74, 6) is -3.11. The number of alkyl halides is 2. The molecule has 4 atom stereocenters. The van der Waals surface area contributed by atoms with Crippen LogP contribution in [0.1, 0.15) is 12.8 Å². The lowest BCUT2D eigenvalue weighted by Gasteiger charge is -2.29. The fourth-order valence-corrected chi connectivity index (χ4v) is 5.01. The maximum absolute atomic E-state index is 12.5. The van der Waals surface area contributed by atoms with Crippen molar-refractivity contribution in [2.75, 3.05) is 18.5 Å². The topological polar surface area (TPSA) is 92.8 Å². The van der Waals surface area contributed by atoms with Gasteiger partial charge in [-0.3, -0.25) is 24.1 Å². The summed E-state index contributed by atoms with van der Waals surface area (Å²) < 4.78 is 4.91. The molecule has 1 aromatic carbocycles. The minimum Gasteiger partial charge on any atom is -0.454 e. The van der Waals surface area contributed by atoms with E-state index in [0.29, 0.717) is 12.8 Å². The standard InChI is InChI=1S/C18H16Br2Cl2N2O5/c19-10-4-8-9(5-11(10)20)18(28)24(17(8)27)6-15(26)29-7-14(25)23-13-3-1-2-12(21)16(13)22/h1-3,8-11H,4-7H2,(H,23,25)/t8-,9-,10+,11+/m1/s1. The number of nitrogens with zero attached hydrogens (tertiary/aromatic N) is 1. The highest BCUT2D eigenvalue weighted by Crippen LogP contribution is 2.43. The SMILES string of the molecule is O=C(COC(=O)CN1C(=O)[C@@H]2C[C@H](Br)[C@@H](Br)C[C@H]2C1=O)Nc1cccc(Cl)c1Cl. The molecule has 29 heavy (non-hydrogen) atoms. The summed E-state index contributed by atoms with van der Waals surface area (Å²) in [6.45, 7) is -1.10. The summed E-state index contributed by atoms with van der Waals surface area (Å²) in [6.07, 6.45) is 1.03. The minimum absolute atomic E-state index is 0.0782. The Labute approximate surface area is 193 Å². The molecule has 1 N–H and O–H groups in total. The Hall–Kier alpha value is -1.16. The molecule has 11 heteroatoms. The Kier molecular flexibility index (Phi) is 7.24. The Morgan fingerprint density at radius 2 is 1.69 bits per heavy atom. The minimum atomic E-state index is -0.844. The van der Waals surface area contributed by atoms with E-state index < -0.39 is 36.9 Å². The molecule has 2 aliphatic rings. The van der Waals surface area contributed by atoms with Crippen LogP contribution in [0.2, 0.25) is 10.0 Å². The van der Waals surface area contributed by atoms with Crippen molar-refractivity contribution in [1.82, 2.24) is 4.90 Å². The number of carbonyl (C=O) groups excluding carboxylic acids is 4. The highest BCUT2D eigenvalue weighted by atomic mass is 79.9. The van der Waals surface area contributed by atoms with Crippen LogP contribution in [-0.4, -0.2) is 51.4 Å². The lowest BCUT2D eigenvalue weighted by atomic mass is 9.81. The summed E-state index contributed by atoms with van der Waals surface area (Å²) in [4.78, 5) is 50.2. The largest absolute Gasteiger partial charge is 0.454 e. The first kappa shape index (κ1) is 22.5. The van der Waals surface area contributed by atoms with Gasteiger partial charge in [0.1, 0.15) is 6.54 Å². The van der Waals surface area contributed by atoms with E-state index in [9.17, 15) is 19.2 Å². The smallest absolute Gasteiger partial charge is 0.326 e. The molecule has 1 aromatic rings. The molecule has 7 nitrogen and oxygen atoms in total. The van der Waals surface area contributed by atoms with Gasteiger partial charge < -0.3 is 10.1 Å². The Bertz CT molecular complexity index is 841. The van der Waals surface area contributed by atoms with Gasteiger partial charge in [0.05, 0.1) is 27.6 Å². The van der Waals surface area contributed by atoms with E-state index in [0.717, 1.165) is 4.90 Å². The van der Waals surface area contributed by atoms with Crippen LogP contribution >= 0.6 is 55.1 Å². The quantitative estimate of drug-likeness (QED) is 0.333. The van der Waals surface area contributed by atoms with Gasteiger partial charge >= 0.3 is 5.97 Å². The molecule has 1 saturated heterocycles. The number of hydrogen-bond acceptors (Lipinski definition) is 5. The molecule has 1 aliphatic carbocycles. The molecular weight excluding hydrogens is 555 g/mol. The van der Waals surface area contributed by atoms with Crippen LogP contribution in [0.25, 0.3) is 0 Å². The van der Waals surface area contributed by atoms with Crippen molar-refractivity contribution in [3.63, 3.8) is 0 Å². The number of anilines is 1. The van der Waals surface area contributed by atoms with Crippen molar-refractivity contribution in [1.29, 1.82) is 0 Å². The van der Waals surface area contributed by atoms with Gasteiger partial charge in [-0.05, 0) is 25.0 Å². The van der Waals surface area contributed by atoms with Gasteiger partial charge in [-0.25, -0.2) is 0 Å². The molecule has 0 aromatic heterocycles. The second-order valence-electron chi connectivity index (χ2n) is 6.79. The fraction of sp³-hybridized carbons (Fsp3) is 0.444. The number of ether oxygens (including phenoxy) is 1. The third-order valence-electron chi connectivity index (χ3n) is 4.88. The number of amides is 3. The number of benzene rings is 1. The van der Waals surface area contributed by atoms with E-state index in [-0.39, 0.29) is 37.2 Å². The number of esters is 1. The average Bonchev–Trinajstić information content (AvgIpc) is 2.89. The number of likely N-dealkylation sites (tertiary alicyclic amines) is 1. The van der Waals surface area contributed by atoms with Gasteiger partial charge in [-0.1, -0.05) is 61.1 Å². The number of rotatable bonds is 5.